The molecule has 0 spiro atoms. The van der Waals surface area contributed by atoms with Crippen LogP contribution < -0.4 is 5.48 Å². The number of phenols is 1. The number of carbonyl (C=O) groups excluding carboxylic acids is 1. The molecule has 3 aromatic rings. The van der Waals surface area contributed by atoms with Crippen LogP contribution in [0.15, 0.2) is 60.7 Å². The zero-order chi connectivity index (χ0) is 19.5. The van der Waals surface area contributed by atoms with Crippen LogP contribution >= 0.6 is 0 Å². The number of fused-ring (bicyclic) bond motifs is 1. The van der Waals surface area contributed by atoms with Gasteiger partial charge in [-0.15, -0.1) is 0 Å². The molecule has 1 aliphatic rings. The SMILES string of the molecule is O=C(NO)[C@H]1CCC[C@@H](c2ccc(O)c(Cc3ccc4ccccc4c3)c2)C1. The van der Waals surface area contributed by atoms with Crippen molar-refractivity contribution in [3.05, 3.63) is 77.4 Å². The van der Waals surface area contributed by atoms with Crippen molar-refractivity contribution in [1.29, 1.82) is 0 Å². The molecule has 0 saturated heterocycles. The highest BCUT2D eigenvalue weighted by atomic mass is 16.5. The van der Waals surface area contributed by atoms with Crippen LogP contribution in [0, 0.1) is 5.92 Å². The number of rotatable bonds is 4. The van der Waals surface area contributed by atoms with E-state index in [-0.39, 0.29) is 17.7 Å². The molecule has 144 valence electrons. The minimum Gasteiger partial charge on any atom is -0.508 e. The Morgan fingerprint density at radius 3 is 2.64 bits per heavy atom. The molecule has 0 radical (unpaired) electrons. The maximum Gasteiger partial charge on any atom is 0.246 e. The van der Waals surface area contributed by atoms with E-state index in [1.54, 1.807) is 11.5 Å². The lowest BCUT2D eigenvalue weighted by atomic mass is 9.77. The van der Waals surface area contributed by atoms with Gasteiger partial charge in [-0.1, -0.05) is 61.0 Å². The van der Waals surface area contributed by atoms with Crippen molar-refractivity contribution in [2.75, 3.05) is 0 Å². The Hall–Kier alpha value is -2.85. The predicted octanol–water partition coefficient (Wildman–Crippen LogP) is 4.92. The van der Waals surface area contributed by atoms with Crippen molar-refractivity contribution in [3.63, 3.8) is 0 Å². The quantitative estimate of drug-likeness (QED) is 0.448. The van der Waals surface area contributed by atoms with Crippen molar-refractivity contribution in [1.82, 2.24) is 5.48 Å². The maximum absolute atomic E-state index is 11.8. The number of phenolic OH excluding ortho intramolecular Hbond substituents is 1. The number of carbonyl (C=O) groups is 1. The molecular weight excluding hydrogens is 350 g/mol. The Bertz CT molecular complexity index is 998. The van der Waals surface area contributed by atoms with Crippen molar-refractivity contribution >= 4 is 16.7 Å². The first kappa shape index (κ1) is 18.5. The third-order valence-electron chi connectivity index (χ3n) is 5.94. The van der Waals surface area contributed by atoms with Crippen LogP contribution in [0.4, 0.5) is 0 Å². The van der Waals surface area contributed by atoms with Crippen molar-refractivity contribution in [2.45, 2.75) is 38.0 Å². The van der Waals surface area contributed by atoms with Crippen molar-refractivity contribution < 1.29 is 15.1 Å². The van der Waals surface area contributed by atoms with Gasteiger partial charge in [-0.2, -0.15) is 0 Å². The molecule has 3 N–H and O–H groups in total. The zero-order valence-corrected chi connectivity index (χ0v) is 15.8. The fourth-order valence-corrected chi connectivity index (χ4v) is 4.39. The molecule has 0 aromatic heterocycles. The van der Waals surface area contributed by atoms with E-state index in [0.29, 0.717) is 12.2 Å². The maximum atomic E-state index is 11.8. The second-order valence-electron chi connectivity index (χ2n) is 7.78. The number of nitrogens with one attached hydrogen (secondary N) is 1. The first-order chi connectivity index (χ1) is 13.6. The molecular formula is C24H25NO3. The summed E-state index contributed by atoms with van der Waals surface area (Å²) in [5.41, 5.74) is 5.02. The smallest absolute Gasteiger partial charge is 0.246 e. The lowest BCUT2D eigenvalue weighted by Gasteiger charge is -2.28. The summed E-state index contributed by atoms with van der Waals surface area (Å²) < 4.78 is 0. The van der Waals surface area contributed by atoms with E-state index in [2.05, 4.69) is 36.4 Å². The molecule has 28 heavy (non-hydrogen) atoms. The average molecular weight is 375 g/mol. The van der Waals surface area contributed by atoms with Crippen LogP contribution in [0.25, 0.3) is 10.8 Å². The Balaban J connectivity index is 1.57. The molecule has 0 bridgehead atoms. The molecule has 4 rings (SSSR count). The predicted molar refractivity (Wildman–Crippen MR) is 109 cm³/mol. The molecule has 0 heterocycles. The number of hydrogen-bond acceptors (Lipinski definition) is 3. The highest BCUT2D eigenvalue weighted by Gasteiger charge is 2.28. The monoisotopic (exact) mass is 375 g/mol. The first-order valence-electron chi connectivity index (χ1n) is 9.87. The van der Waals surface area contributed by atoms with E-state index in [4.69, 9.17) is 5.21 Å². The first-order valence-corrected chi connectivity index (χ1v) is 9.87. The Labute approximate surface area is 164 Å². The molecule has 1 amide bonds. The zero-order valence-electron chi connectivity index (χ0n) is 15.8. The van der Waals surface area contributed by atoms with Crippen LogP contribution in [0.2, 0.25) is 0 Å². The fourth-order valence-electron chi connectivity index (χ4n) is 4.39. The summed E-state index contributed by atoms with van der Waals surface area (Å²) >= 11 is 0. The summed E-state index contributed by atoms with van der Waals surface area (Å²) in [6, 6.07) is 20.5. The lowest BCUT2D eigenvalue weighted by molar-refractivity contribution is -0.134. The molecule has 2 atom stereocenters. The van der Waals surface area contributed by atoms with Gasteiger partial charge < -0.3 is 5.11 Å². The van der Waals surface area contributed by atoms with Crippen LogP contribution in [-0.2, 0) is 11.2 Å². The molecule has 1 aliphatic carbocycles. The number of aromatic hydroxyl groups is 1. The largest absolute Gasteiger partial charge is 0.508 e. The standard InChI is InChI=1S/C24H25NO3/c26-23-11-10-20(19-6-3-7-21(14-19)24(27)25-28)15-22(23)13-16-8-9-17-4-1-2-5-18(17)12-16/h1-2,4-5,8-12,15,19,21,26,28H,3,6-7,13-14H2,(H,25,27)/t19-,21+/m1/s1. The lowest BCUT2D eigenvalue weighted by Crippen LogP contribution is -2.31. The number of benzene rings is 3. The van der Waals surface area contributed by atoms with Gasteiger partial charge in [0, 0.05) is 12.3 Å². The summed E-state index contributed by atoms with van der Waals surface area (Å²) in [5.74, 6) is 0.130. The molecule has 0 unspecified atom stereocenters. The van der Waals surface area contributed by atoms with Gasteiger partial charge in [0.1, 0.15) is 5.75 Å². The van der Waals surface area contributed by atoms with E-state index in [1.807, 2.05) is 18.2 Å². The van der Waals surface area contributed by atoms with Crippen LogP contribution in [0.3, 0.4) is 0 Å². The molecule has 3 aromatic carbocycles. The Morgan fingerprint density at radius 1 is 1.00 bits per heavy atom. The van der Waals surface area contributed by atoms with Crippen molar-refractivity contribution in [3.8, 4) is 5.75 Å². The normalized spacial score (nSPS) is 19.5. The number of amides is 1. The van der Waals surface area contributed by atoms with E-state index in [0.717, 1.165) is 42.4 Å². The topological polar surface area (TPSA) is 69.6 Å². The number of hydrogen-bond donors (Lipinski definition) is 3. The summed E-state index contributed by atoms with van der Waals surface area (Å²) in [6.45, 7) is 0. The van der Waals surface area contributed by atoms with Crippen LogP contribution in [0.5, 0.6) is 5.75 Å². The summed E-state index contributed by atoms with van der Waals surface area (Å²) in [4.78, 5) is 11.8. The summed E-state index contributed by atoms with van der Waals surface area (Å²) in [7, 11) is 0. The average Bonchev–Trinajstić information content (AvgIpc) is 2.74. The minimum absolute atomic E-state index is 0.151. The molecule has 4 nitrogen and oxygen atoms in total. The van der Waals surface area contributed by atoms with Gasteiger partial charge in [0.25, 0.3) is 0 Å². The molecule has 4 heteroatoms. The number of hydroxylamine groups is 1. The van der Waals surface area contributed by atoms with Gasteiger partial charge in [-0.25, -0.2) is 5.48 Å². The van der Waals surface area contributed by atoms with Gasteiger partial charge in [0.2, 0.25) is 5.91 Å². The third-order valence-corrected chi connectivity index (χ3v) is 5.94. The van der Waals surface area contributed by atoms with E-state index >= 15 is 0 Å². The van der Waals surface area contributed by atoms with Crippen molar-refractivity contribution in [2.24, 2.45) is 5.92 Å². The second-order valence-corrected chi connectivity index (χ2v) is 7.78. The highest BCUT2D eigenvalue weighted by molar-refractivity contribution is 5.83. The van der Waals surface area contributed by atoms with Gasteiger partial charge >= 0.3 is 0 Å². The summed E-state index contributed by atoms with van der Waals surface area (Å²) in [5, 5.41) is 21.7. The van der Waals surface area contributed by atoms with Gasteiger partial charge in [0.05, 0.1) is 0 Å². The van der Waals surface area contributed by atoms with E-state index in [9.17, 15) is 9.90 Å². The Morgan fingerprint density at radius 2 is 1.82 bits per heavy atom. The fraction of sp³-hybridized carbons (Fsp3) is 0.292. The van der Waals surface area contributed by atoms with Crippen LogP contribution in [0.1, 0.15) is 48.3 Å². The van der Waals surface area contributed by atoms with Gasteiger partial charge in [0.15, 0.2) is 0 Å². The minimum atomic E-state index is -0.292. The van der Waals surface area contributed by atoms with Gasteiger partial charge in [-0.05, 0) is 58.7 Å². The third kappa shape index (κ3) is 3.87. The van der Waals surface area contributed by atoms with E-state index < -0.39 is 0 Å². The molecule has 0 aliphatic heterocycles. The van der Waals surface area contributed by atoms with Gasteiger partial charge in [-0.3, -0.25) is 10.0 Å². The second kappa shape index (κ2) is 8.03. The molecule has 1 fully saturated rings. The van der Waals surface area contributed by atoms with Crippen LogP contribution in [-0.4, -0.2) is 16.2 Å². The Kier molecular flexibility index (Phi) is 5.31. The van der Waals surface area contributed by atoms with E-state index in [1.165, 1.54) is 10.8 Å². The summed E-state index contributed by atoms with van der Waals surface area (Å²) in [6.07, 6.45) is 4.19. The molecule has 1 saturated carbocycles. The highest BCUT2D eigenvalue weighted by Crippen LogP contribution is 2.38.